The van der Waals surface area contributed by atoms with Gasteiger partial charge in [-0.2, -0.15) is 0 Å². The number of sulfonamides is 1. The fourth-order valence-electron chi connectivity index (χ4n) is 1.47. The summed E-state index contributed by atoms with van der Waals surface area (Å²) in [5.74, 6) is -4.67. The maximum atomic E-state index is 13.0. The number of aryl methyl sites for hydroxylation is 1. The summed E-state index contributed by atoms with van der Waals surface area (Å²) in [6.45, 7) is 1.42. The standard InChI is InChI=1S/C10H8F3N3O2S2/c1-4-9(19-10(14)15-4)20(17,18)16-5-2-6(11)8(13)7(12)3-5/h2-3,16H,1H3,(H2,14,15). The average Bonchev–Trinajstić information content (AvgIpc) is 2.65. The predicted molar refractivity (Wildman–Crippen MR) is 68.4 cm³/mol. The highest BCUT2D eigenvalue weighted by Crippen LogP contribution is 2.27. The Balaban J connectivity index is 2.41. The SMILES string of the molecule is Cc1nc(N)sc1S(=O)(=O)Nc1cc(F)c(F)c(F)c1. The van der Waals surface area contributed by atoms with Gasteiger partial charge in [-0.25, -0.2) is 26.6 Å². The van der Waals surface area contributed by atoms with E-state index in [9.17, 15) is 21.6 Å². The van der Waals surface area contributed by atoms with E-state index >= 15 is 0 Å². The van der Waals surface area contributed by atoms with Gasteiger partial charge in [0.25, 0.3) is 10.0 Å². The van der Waals surface area contributed by atoms with Crippen LogP contribution in [0.25, 0.3) is 0 Å². The molecule has 0 saturated heterocycles. The number of benzene rings is 1. The molecule has 2 rings (SSSR count). The second-order valence-electron chi connectivity index (χ2n) is 3.78. The van der Waals surface area contributed by atoms with Crippen molar-refractivity contribution >= 4 is 32.2 Å². The Hall–Kier alpha value is -1.81. The Morgan fingerprint density at radius 1 is 1.25 bits per heavy atom. The Kier molecular flexibility index (Phi) is 3.61. The lowest BCUT2D eigenvalue weighted by molar-refractivity contribution is 0.448. The number of halogens is 3. The normalized spacial score (nSPS) is 11.6. The lowest BCUT2D eigenvalue weighted by atomic mass is 10.3. The number of nitrogen functional groups attached to an aromatic ring is 1. The minimum absolute atomic E-state index is 0.0411. The molecule has 2 aromatic rings. The van der Waals surface area contributed by atoms with Crippen LogP contribution in [0, 0.1) is 24.4 Å². The third kappa shape index (κ3) is 2.70. The maximum absolute atomic E-state index is 13.0. The van der Waals surface area contributed by atoms with Gasteiger partial charge in [-0.15, -0.1) is 0 Å². The first kappa shape index (κ1) is 14.6. The number of hydrogen-bond donors (Lipinski definition) is 2. The third-order valence-corrected chi connectivity index (χ3v) is 5.23. The van der Waals surface area contributed by atoms with Crippen molar-refractivity contribution < 1.29 is 21.6 Å². The maximum Gasteiger partial charge on any atom is 0.273 e. The topological polar surface area (TPSA) is 85.1 Å². The summed E-state index contributed by atoms with van der Waals surface area (Å²) in [5.41, 5.74) is 5.10. The molecule has 0 aliphatic carbocycles. The van der Waals surface area contributed by atoms with Crippen molar-refractivity contribution in [3.63, 3.8) is 0 Å². The van der Waals surface area contributed by atoms with Gasteiger partial charge in [0.15, 0.2) is 26.8 Å². The van der Waals surface area contributed by atoms with Crippen LogP contribution in [0.3, 0.4) is 0 Å². The van der Waals surface area contributed by atoms with Crippen molar-refractivity contribution in [1.82, 2.24) is 4.98 Å². The van der Waals surface area contributed by atoms with Gasteiger partial charge < -0.3 is 5.73 Å². The van der Waals surface area contributed by atoms with Crippen molar-refractivity contribution in [1.29, 1.82) is 0 Å². The van der Waals surface area contributed by atoms with E-state index in [2.05, 4.69) is 4.98 Å². The van der Waals surface area contributed by atoms with Gasteiger partial charge in [-0.3, -0.25) is 4.72 Å². The molecule has 0 amide bonds. The van der Waals surface area contributed by atoms with Gasteiger partial charge in [-0.05, 0) is 6.92 Å². The van der Waals surface area contributed by atoms with Gasteiger partial charge in [0, 0.05) is 12.1 Å². The van der Waals surface area contributed by atoms with E-state index in [0.29, 0.717) is 23.5 Å². The summed E-state index contributed by atoms with van der Waals surface area (Å²) in [5, 5.41) is 0.0411. The highest BCUT2D eigenvalue weighted by Gasteiger charge is 2.22. The van der Waals surface area contributed by atoms with E-state index in [1.54, 1.807) is 0 Å². The molecule has 108 valence electrons. The quantitative estimate of drug-likeness (QED) is 0.849. The zero-order chi connectivity index (χ0) is 15.1. The third-order valence-electron chi connectivity index (χ3n) is 2.25. The number of rotatable bonds is 3. The molecule has 1 aromatic carbocycles. The molecule has 0 atom stereocenters. The molecule has 1 heterocycles. The fraction of sp³-hybridized carbons (Fsp3) is 0.100. The van der Waals surface area contributed by atoms with Crippen molar-refractivity contribution in [3.8, 4) is 0 Å². The van der Waals surface area contributed by atoms with E-state index in [1.807, 2.05) is 4.72 Å². The number of thiazole rings is 1. The molecule has 0 unspecified atom stereocenters. The molecule has 0 fully saturated rings. The first-order valence-electron chi connectivity index (χ1n) is 5.11. The largest absolute Gasteiger partial charge is 0.375 e. The summed E-state index contributed by atoms with van der Waals surface area (Å²) in [6.07, 6.45) is 0. The van der Waals surface area contributed by atoms with Crippen LogP contribution in [-0.4, -0.2) is 13.4 Å². The van der Waals surface area contributed by atoms with E-state index in [0.717, 1.165) is 0 Å². The van der Waals surface area contributed by atoms with E-state index in [4.69, 9.17) is 5.73 Å². The van der Waals surface area contributed by atoms with E-state index in [-0.39, 0.29) is 15.0 Å². The zero-order valence-corrected chi connectivity index (χ0v) is 11.6. The molecule has 0 aliphatic rings. The van der Waals surface area contributed by atoms with Crippen molar-refractivity contribution in [3.05, 3.63) is 35.3 Å². The van der Waals surface area contributed by atoms with Crippen LogP contribution >= 0.6 is 11.3 Å². The highest BCUT2D eigenvalue weighted by molar-refractivity contribution is 7.94. The number of aromatic nitrogens is 1. The summed E-state index contributed by atoms with van der Waals surface area (Å²) in [7, 11) is -4.10. The molecule has 5 nitrogen and oxygen atoms in total. The molecule has 0 saturated carbocycles. The predicted octanol–water partition coefficient (Wildman–Crippen LogP) is 2.25. The minimum Gasteiger partial charge on any atom is -0.375 e. The van der Waals surface area contributed by atoms with Crippen LogP contribution in [0.15, 0.2) is 16.3 Å². The second kappa shape index (κ2) is 4.94. The van der Waals surface area contributed by atoms with E-state index < -0.39 is 33.2 Å². The molecule has 0 aliphatic heterocycles. The molecule has 0 bridgehead atoms. The Labute approximate surface area is 116 Å². The Bertz CT molecular complexity index is 751. The summed E-state index contributed by atoms with van der Waals surface area (Å²) < 4.78 is 64.6. The van der Waals surface area contributed by atoms with Crippen LogP contribution in [0.4, 0.5) is 24.0 Å². The van der Waals surface area contributed by atoms with Gasteiger partial charge in [0.2, 0.25) is 0 Å². The van der Waals surface area contributed by atoms with Gasteiger partial charge >= 0.3 is 0 Å². The van der Waals surface area contributed by atoms with Crippen LogP contribution in [-0.2, 0) is 10.0 Å². The number of anilines is 2. The monoisotopic (exact) mass is 323 g/mol. The highest BCUT2D eigenvalue weighted by atomic mass is 32.2. The second-order valence-corrected chi connectivity index (χ2v) is 6.69. The first-order valence-corrected chi connectivity index (χ1v) is 7.41. The van der Waals surface area contributed by atoms with Gasteiger partial charge in [0.1, 0.15) is 0 Å². The molecule has 0 radical (unpaired) electrons. The van der Waals surface area contributed by atoms with Crippen molar-refractivity contribution in [2.24, 2.45) is 0 Å². The molecular formula is C10H8F3N3O2S2. The smallest absolute Gasteiger partial charge is 0.273 e. The van der Waals surface area contributed by atoms with Crippen LogP contribution in [0.1, 0.15) is 5.69 Å². The average molecular weight is 323 g/mol. The van der Waals surface area contributed by atoms with Gasteiger partial charge in [0.05, 0.1) is 11.4 Å². The van der Waals surface area contributed by atoms with Crippen molar-refractivity contribution in [2.75, 3.05) is 10.5 Å². The molecule has 20 heavy (non-hydrogen) atoms. The summed E-state index contributed by atoms with van der Waals surface area (Å²) >= 11 is 0.707. The molecule has 3 N–H and O–H groups in total. The zero-order valence-electron chi connectivity index (χ0n) is 9.95. The van der Waals surface area contributed by atoms with Gasteiger partial charge in [-0.1, -0.05) is 11.3 Å². The lowest BCUT2D eigenvalue weighted by Gasteiger charge is -2.07. The summed E-state index contributed by atoms with van der Waals surface area (Å²) in [6, 6.07) is 1.07. The minimum atomic E-state index is -4.10. The number of nitrogens with two attached hydrogens (primary N) is 1. The molecule has 0 spiro atoms. The van der Waals surface area contributed by atoms with Crippen LogP contribution in [0.2, 0.25) is 0 Å². The number of hydrogen-bond acceptors (Lipinski definition) is 5. The Morgan fingerprint density at radius 2 is 1.80 bits per heavy atom. The molecular weight excluding hydrogens is 315 g/mol. The number of nitrogens with zero attached hydrogens (tertiary/aromatic N) is 1. The van der Waals surface area contributed by atoms with Crippen LogP contribution < -0.4 is 10.5 Å². The summed E-state index contributed by atoms with van der Waals surface area (Å²) in [4.78, 5) is 3.74. The van der Waals surface area contributed by atoms with Crippen molar-refractivity contribution in [2.45, 2.75) is 11.1 Å². The molecule has 1 aromatic heterocycles. The van der Waals surface area contributed by atoms with Crippen LogP contribution in [0.5, 0.6) is 0 Å². The van der Waals surface area contributed by atoms with E-state index in [1.165, 1.54) is 6.92 Å². The lowest BCUT2D eigenvalue weighted by Crippen LogP contribution is -2.13. The first-order chi connectivity index (χ1) is 9.20. The molecule has 10 heteroatoms. The Morgan fingerprint density at radius 3 is 2.25 bits per heavy atom. The number of nitrogens with one attached hydrogen (secondary N) is 1. The fourth-order valence-corrected chi connectivity index (χ4v) is 3.81.